The third-order valence-electron chi connectivity index (χ3n) is 5.07. The normalized spacial score (nSPS) is 16.7. The van der Waals surface area contributed by atoms with Crippen LogP contribution in [0, 0.1) is 6.92 Å². The van der Waals surface area contributed by atoms with E-state index in [-0.39, 0.29) is 10.8 Å². The Morgan fingerprint density at radius 1 is 1.28 bits per heavy atom. The zero-order valence-corrected chi connectivity index (χ0v) is 17.7. The number of anilines is 1. The number of rotatable bonds is 7. The van der Waals surface area contributed by atoms with Gasteiger partial charge < -0.3 is 14.5 Å². The molecular formula is C20H27N3O5S. The van der Waals surface area contributed by atoms with Gasteiger partial charge in [0.15, 0.2) is 0 Å². The highest BCUT2D eigenvalue weighted by atomic mass is 32.2. The van der Waals surface area contributed by atoms with Gasteiger partial charge in [-0.05, 0) is 50.7 Å². The topological polar surface area (TPSA) is 92.1 Å². The van der Waals surface area contributed by atoms with Crippen LogP contribution >= 0.6 is 0 Å². The lowest BCUT2D eigenvalue weighted by atomic mass is 10.2. The lowest BCUT2D eigenvalue weighted by Crippen LogP contribution is -2.41. The minimum Gasteiger partial charge on any atom is -0.468 e. The average molecular weight is 422 g/mol. The van der Waals surface area contributed by atoms with Gasteiger partial charge in [-0.3, -0.25) is 9.69 Å². The maximum Gasteiger partial charge on any atom is 0.243 e. The van der Waals surface area contributed by atoms with Crippen molar-refractivity contribution in [1.29, 1.82) is 0 Å². The second-order valence-electron chi connectivity index (χ2n) is 7.16. The number of morpholine rings is 1. The molecule has 3 rings (SSSR count). The first-order chi connectivity index (χ1) is 13.8. The number of amides is 1. The molecule has 2 aromatic rings. The van der Waals surface area contributed by atoms with Gasteiger partial charge in [0, 0.05) is 18.8 Å². The molecule has 0 saturated carbocycles. The molecule has 1 aliphatic rings. The van der Waals surface area contributed by atoms with Gasteiger partial charge in [-0.25, -0.2) is 8.42 Å². The molecule has 0 unspecified atom stereocenters. The summed E-state index contributed by atoms with van der Waals surface area (Å²) in [5, 5.41) is 2.83. The molecule has 0 bridgehead atoms. The van der Waals surface area contributed by atoms with E-state index in [1.54, 1.807) is 38.3 Å². The van der Waals surface area contributed by atoms with Gasteiger partial charge in [0.1, 0.15) is 5.76 Å². The van der Waals surface area contributed by atoms with E-state index >= 15 is 0 Å². The molecule has 8 nitrogen and oxygen atoms in total. The molecule has 2 heterocycles. The maximum absolute atomic E-state index is 13.0. The predicted molar refractivity (Wildman–Crippen MR) is 109 cm³/mol. The first kappa shape index (κ1) is 21.5. The molecule has 9 heteroatoms. The Bertz CT molecular complexity index is 937. The summed E-state index contributed by atoms with van der Waals surface area (Å²) in [6, 6.07) is 8.17. The Hall–Kier alpha value is -2.20. The molecule has 1 saturated heterocycles. The van der Waals surface area contributed by atoms with Gasteiger partial charge in [-0.1, -0.05) is 6.07 Å². The van der Waals surface area contributed by atoms with Crippen LogP contribution in [0.5, 0.6) is 0 Å². The summed E-state index contributed by atoms with van der Waals surface area (Å²) in [4.78, 5) is 14.7. The van der Waals surface area contributed by atoms with Crippen LogP contribution in [0.15, 0.2) is 45.9 Å². The van der Waals surface area contributed by atoms with E-state index in [1.165, 1.54) is 10.4 Å². The standard InChI is InChI=1S/C20H27N3O5S/c1-15-6-7-17(13-19(15)29(25,26)23-8-11-27-12-9-23)21-20(24)16(2)22(3)14-18-5-4-10-28-18/h4-7,10,13,16H,8-9,11-12,14H2,1-3H3,(H,21,24)/t16-/m1/s1. The monoisotopic (exact) mass is 421 g/mol. The zero-order chi connectivity index (χ0) is 21.0. The first-order valence-electron chi connectivity index (χ1n) is 9.51. The Morgan fingerprint density at radius 3 is 2.66 bits per heavy atom. The lowest BCUT2D eigenvalue weighted by molar-refractivity contribution is -0.120. The number of carbonyl (C=O) groups is 1. The molecular weight excluding hydrogens is 394 g/mol. The van der Waals surface area contributed by atoms with E-state index < -0.39 is 16.1 Å². The number of ether oxygens (including phenoxy) is 1. The summed E-state index contributed by atoms with van der Waals surface area (Å²) in [5.41, 5.74) is 1.09. The molecule has 158 valence electrons. The fraction of sp³-hybridized carbons (Fsp3) is 0.450. The number of nitrogens with zero attached hydrogens (tertiary/aromatic N) is 2. The second-order valence-corrected chi connectivity index (χ2v) is 9.06. The van der Waals surface area contributed by atoms with Crippen molar-refractivity contribution in [2.45, 2.75) is 31.3 Å². The first-order valence-corrected chi connectivity index (χ1v) is 10.9. The van der Waals surface area contributed by atoms with Gasteiger partial charge >= 0.3 is 0 Å². The van der Waals surface area contributed by atoms with E-state index in [4.69, 9.17) is 9.15 Å². The van der Waals surface area contributed by atoms with Crippen molar-refractivity contribution in [3.63, 3.8) is 0 Å². The van der Waals surface area contributed by atoms with Gasteiger partial charge in [0.2, 0.25) is 15.9 Å². The summed E-state index contributed by atoms with van der Waals surface area (Å²) in [6.07, 6.45) is 1.59. The molecule has 0 radical (unpaired) electrons. The van der Waals surface area contributed by atoms with Gasteiger partial charge in [-0.15, -0.1) is 0 Å². The van der Waals surface area contributed by atoms with Crippen molar-refractivity contribution < 1.29 is 22.4 Å². The molecule has 0 spiro atoms. The van der Waals surface area contributed by atoms with Crippen LogP contribution in [-0.2, 0) is 26.1 Å². The van der Waals surface area contributed by atoms with Crippen molar-refractivity contribution in [3.05, 3.63) is 47.9 Å². The number of benzene rings is 1. The summed E-state index contributed by atoms with van der Waals surface area (Å²) in [6.45, 7) is 5.45. The van der Waals surface area contributed by atoms with Gasteiger partial charge in [0.05, 0.1) is 37.0 Å². The average Bonchev–Trinajstić information content (AvgIpc) is 3.22. The summed E-state index contributed by atoms with van der Waals surface area (Å²) in [7, 11) is -1.81. The van der Waals surface area contributed by atoms with E-state index in [9.17, 15) is 13.2 Å². The number of nitrogens with one attached hydrogen (secondary N) is 1. The largest absolute Gasteiger partial charge is 0.468 e. The third kappa shape index (κ3) is 5.05. The van der Waals surface area contributed by atoms with Crippen LogP contribution in [-0.4, -0.2) is 62.9 Å². The van der Waals surface area contributed by atoms with E-state index in [2.05, 4.69) is 5.32 Å². The summed E-state index contributed by atoms with van der Waals surface area (Å²) < 4.78 is 38.0. The smallest absolute Gasteiger partial charge is 0.243 e. The molecule has 1 aromatic carbocycles. The fourth-order valence-corrected chi connectivity index (χ4v) is 4.77. The Morgan fingerprint density at radius 2 is 2.00 bits per heavy atom. The maximum atomic E-state index is 13.0. The quantitative estimate of drug-likeness (QED) is 0.736. The number of hydrogen-bond donors (Lipinski definition) is 1. The van der Waals surface area contributed by atoms with E-state index in [0.717, 1.165) is 5.76 Å². The molecule has 1 N–H and O–H groups in total. The van der Waals surface area contributed by atoms with Crippen LogP contribution in [0.25, 0.3) is 0 Å². The second kappa shape index (κ2) is 9.08. The number of carbonyl (C=O) groups excluding carboxylic acids is 1. The number of furan rings is 1. The lowest BCUT2D eigenvalue weighted by Gasteiger charge is -2.27. The number of likely N-dealkylation sites (N-methyl/N-ethyl adjacent to an activating group) is 1. The van der Waals surface area contributed by atoms with Crippen LogP contribution in [0.2, 0.25) is 0 Å². The molecule has 1 aliphatic heterocycles. The van der Waals surface area contributed by atoms with E-state index in [0.29, 0.717) is 44.1 Å². The van der Waals surface area contributed by atoms with Crippen molar-refractivity contribution >= 4 is 21.6 Å². The number of hydrogen-bond acceptors (Lipinski definition) is 6. The highest BCUT2D eigenvalue weighted by Gasteiger charge is 2.28. The predicted octanol–water partition coefficient (Wildman–Crippen LogP) is 2.07. The van der Waals surface area contributed by atoms with Gasteiger partial charge in [-0.2, -0.15) is 4.31 Å². The summed E-state index contributed by atoms with van der Waals surface area (Å²) >= 11 is 0. The van der Waals surface area contributed by atoms with Crippen molar-refractivity contribution in [1.82, 2.24) is 9.21 Å². The van der Waals surface area contributed by atoms with Crippen molar-refractivity contribution in [2.75, 3.05) is 38.7 Å². The molecule has 1 aromatic heterocycles. The van der Waals surface area contributed by atoms with Crippen LogP contribution in [0.1, 0.15) is 18.2 Å². The van der Waals surface area contributed by atoms with Crippen LogP contribution < -0.4 is 5.32 Å². The minimum absolute atomic E-state index is 0.203. The van der Waals surface area contributed by atoms with Crippen LogP contribution in [0.3, 0.4) is 0 Å². The van der Waals surface area contributed by atoms with Crippen molar-refractivity contribution in [2.24, 2.45) is 0 Å². The third-order valence-corrected chi connectivity index (χ3v) is 7.11. The molecule has 1 fully saturated rings. The number of sulfonamides is 1. The Balaban J connectivity index is 1.72. The summed E-state index contributed by atoms with van der Waals surface area (Å²) in [5.74, 6) is 0.541. The fourth-order valence-electron chi connectivity index (χ4n) is 3.11. The highest BCUT2D eigenvalue weighted by molar-refractivity contribution is 7.89. The SMILES string of the molecule is Cc1ccc(NC(=O)[C@@H](C)N(C)Cc2ccco2)cc1S(=O)(=O)N1CCOCC1. The molecule has 0 aliphatic carbocycles. The van der Waals surface area contributed by atoms with Crippen molar-refractivity contribution in [3.8, 4) is 0 Å². The Kier molecular flexibility index (Phi) is 6.74. The molecule has 1 atom stereocenters. The molecule has 29 heavy (non-hydrogen) atoms. The van der Waals surface area contributed by atoms with Crippen LogP contribution in [0.4, 0.5) is 5.69 Å². The minimum atomic E-state index is -3.64. The zero-order valence-electron chi connectivity index (χ0n) is 16.9. The molecule has 1 amide bonds. The van der Waals surface area contributed by atoms with Gasteiger partial charge in [0.25, 0.3) is 0 Å². The Labute approximate surface area is 171 Å². The highest BCUT2D eigenvalue weighted by Crippen LogP contribution is 2.24. The number of aryl methyl sites for hydroxylation is 1. The van der Waals surface area contributed by atoms with E-state index in [1.807, 2.05) is 18.0 Å².